The molecule has 10 heteroatoms. The lowest BCUT2D eigenvalue weighted by Gasteiger charge is -2.32. The normalized spacial score (nSPS) is 21.6. The maximum absolute atomic E-state index is 13.6. The topological polar surface area (TPSA) is 81.2 Å². The maximum atomic E-state index is 13.6. The van der Waals surface area contributed by atoms with Crippen LogP contribution in [-0.2, 0) is 9.59 Å². The highest BCUT2D eigenvalue weighted by Gasteiger charge is 2.52. The Kier molecular flexibility index (Phi) is 8.86. The van der Waals surface area contributed by atoms with Crippen molar-refractivity contribution in [2.75, 3.05) is 19.8 Å². The third kappa shape index (κ3) is 5.77. The van der Waals surface area contributed by atoms with E-state index in [0.717, 1.165) is 20.9 Å². The van der Waals surface area contributed by atoms with Crippen molar-refractivity contribution in [2.45, 2.75) is 50.5 Å². The van der Waals surface area contributed by atoms with Crippen molar-refractivity contribution in [3.8, 4) is 0 Å². The number of hydrogen-bond acceptors (Lipinski definition) is 4. The number of alkyl halides is 2. The Morgan fingerprint density at radius 2 is 0.949 bits per heavy atom. The van der Waals surface area contributed by atoms with Crippen molar-refractivity contribution < 1.29 is 19.2 Å². The van der Waals surface area contributed by atoms with Crippen LogP contribution in [0.4, 0.5) is 9.59 Å². The van der Waals surface area contributed by atoms with E-state index in [9.17, 15) is 19.2 Å². The predicted octanol–water partition coefficient (Wildman–Crippen LogP) is 5.48. The van der Waals surface area contributed by atoms with E-state index < -0.39 is 34.9 Å². The number of halogens is 2. The molecule has 2 fully saturated rings. The van der Waals surface area contributed by atoms with Crippen LogP contribution in [0.5, 0.6) is 0 Å². The third-order valence-corrected chi connectivity index (χ3v) is 8.02. The summed E-state index contributed by atoms with van der Waals surface area (Å²) in [5, 5.41) is -1.17. The molecule has 0 saturated carbocycles. The molecule has 8 nitrogen and oxygen atoms in total. The van der Waals surface area contributed by atoms with E-state index in [0.29, 0.717) is 0 Å². The van der Waals surface area contributed by atoms with Gasteiger partial charge in [0.05, 0.1) is 23.8 Å². The molecule has 0 bridgehead atoms. The Morgan fingerprint density at radius 3 is 1.26 bits per heavy atom. The van der Waals surface area contributed by atoms with Crippen LogP contribution in [0, 0.1) is 11.8 Å². The second-order valence-corrected chi connectivity index (χ2v) is 11.7. The van der Waals surface area contributed by atoms with Gasteiger partial charge >= 0.3 is 12.1 Å². The van der Waals surface area contributed by atoms with Gasteiger partial charge < -0.3 is 0 Å². The number of urea groups is 2. The van der Waals surface area contributed by atoms with Crippen LogP contribution >= 0.6 is 23.2 Å². The molecule has 39 heavy (non-hydrogen) atoms. The summed E-state index contributed by atoms with van der Waals surface area (Å²) in [7, 11) is 0. The van der Waals surface area contributed by atoms with Gasteiger partial charge in [-0.05, 0) is 23.0 Å². The van der Waals surface area contributed by atoms with Gasteiger partial charge in [0, 0.05) is 0 Å². The first kappa shape index (κ1) is 28.9. The summed E-state index contributed by atoms with van der Waals surface area (Å²) in [6.07, 6.45) is 0. The van der Waals surface area contributed by atoms with Crippen molar-refractivity contribution in [3.63, 3.8) is 0 Å². The molecule has 4 atom stereocenters. The van der Waals surface area contributed by atoms with E-state index in [1.165, 1.54) is 9.80 Å². The summed E-state index contributed by atoms with van der Waals surface area (Å²) in [6.45, 7) is 7.21. The number of amides is 6. The molecule has 2 aliphatic rings. The lowest BCUT2D eigenvalue weighted by atomic mass is 10.0. The largest absolute Gasteiger partial charge is 0.328 e. The molecule has 2 aromatic rings. The summed E-state index contributed by atoms with van der Waals surface area (Å²) in [4.78, 5) is 59.2. The van der Waals surface area contributed by atoms with E-state index in [-0.39, 0.29) is 43.4 Å². The molecule has 2 saturated heterocycles. The van der Waals surface area contributed by atoms with Gasteiger partial charge in [-0.25, -0.2) is 9.59 Å². The van der Waals surface area contributed by atoms with Crippen molar-refractivity contribution in [1.82, 2.24) is 19.6 Å². The number of nitrogens with zero attached hydrogens (tertiary/aromatic N) is 4. The molecule has 4 unspecified atom stereocenters. The minimum absolute atomic E-state index is 0.000566. The van der Waals surface area contributed by atoms with Gasteiger partial charge in [-0.15, -0.1) is 23.2 Å². The Hall–Kier alpha value is -3.10. The molecular weight excluding hydrogens is 539 g/mol. The first-order chi connectivity index (χ1) is 18.5. The molecule has 0 aromatic heterocycles. The van der Waals surface area contributed by atoms with Crippen LogP contribution in [0.1, 0.15) is 49.6 Å². The Bertz CT molecular complexity index is 1120. The van der Waals surface area contributed by atoms with Crippen molar-refractivity contribution in [2.24, 2.45) is 11.8 Å². The average Bonchev–Trinajstić information content (AvgIpc) is 3.29. The minimum atomic E-state index is -0.785. The lowest BCUT2D eigenvalue weighted by molar-refractivity contribution is -0.129. The molecule has 0 spiro atoms. The van der Waals surface area contributed by atoms with Gasteiger partial charge in [0.25, 0.3) is 11.8 Å². The second-order valence-electron chi connectivity index (χ2n) is 10.7. The van der Waals surface area contributed by atoms with Crippen LogP contribution in [0.15, 0.2) is 60.7 Å². The van der Waals surface area contributed by atoms with E-state index in [1.54, 1.807) is 0 Å². The number of hydrogen-bond donors (Lipinski definition) is 0. The van der Waals surface area contributed by atoms with Crippen LogP contribution in [0.3, 0.4) is 0 Å². The molecule has 0 aliphatic carbocycles. The second kappa shape index (κ2) is 12.0. The smallest absolute Gasteiger partial charge is 0.294 e. The fourth-order valence-corrected chi connectivity index (χ4v) is 5.83. The minimum Gasteiger partial charge on any atom is -0.294 e. The Morgan fingerprint density at radius 1 is 0.615 bits per heavy atom. The summed E-state index contributed by atoms with van der Waals surface area (Å²) in [6, 6.07) is 15.9. The summed E-state index contributed by atoms with van der Waals surface area (Å²) >= 11 is 13.2. The monoisotopic (exact) mass is 572 g/mol. The number of carbonyl (C=O) groups is 4. The standard InChI is InChI=1S/C29H34Cl2N4O4/c1-18(2)24-26(36)32(15-22(30)20-11-7-5-8-12-20)28(38)34(24)17-35-25(19(3)4)27(37)33(29(35)39)16-23(31)21-13-9-6-10-14-21/h5-14,18-19,22-25H,15-17H2,1-4H3. The highest BCUT2D eigenvalue weighted by atomic mass is 35.5. The zero-order valence-electron chi connectivity index (χ0n) is 22.5. The fraction of sp³-hybridized carbons (Fsp3) is 0.448. The van der Waals surface area contributed by atoms with Gasteiger partial charge in [-0.2, -0.15) is 0 Å². The fourth-order valence-electron chi connectivity index (χ4n) is 5.26. The Balaban J connectivity index is 1.56. The highest BCUT2D eigenvalue weighted by Crippen LogP contribution is 2.33. The summed E-state index contributed by atoms with van der Waals surface area (Å²) in [5.74, 6) is -1.16. The molecule has 2 aromatic carbocycles. The maximum Gasteiger partial charge on any atom is 0.328 e. The predicted molar refractivity (Wildman–Crippen MR) is 150 cm³/mol. The summed E-state index contributed by atoms with van der Waals surface area (Å²) in [5.41, 5.74) is 1.59. The molecule has 0 radical (unpaired) electrons. The molecule has 0 N–H and O–H groups in total. The number of carbonyl (C=O) groups excluding carboxylic acids is 4. The highest BCUT2D eigenvalue weighted by molar-refractivity contribution is 6.22. The zero-order valence-corrected chi connectivity index (χ0v) is 24.0. The average molecular weight is 574 g/mol. The summed E-state index contributed by atoms with van der Waals surface area (Å²) < 4.78 is 0. The molecule has 4 rings (SSSR count). The number of benzene rings is 2. The first-order valence-electron chi connectivity index (χ1n) is 13.1. The number of rotatable bonds is 10. The van der Waals surface area contributed by atoms with Crippen LogP contribution in [-0.4, -0.2) is 75.3 Å². The van der Waals surface area contributed by atoms with Crippen LogP contribution in [0.2, 0.25) is 0 Å². The van der Waals surface area contributed by atoms with E-state index >= 15 is 0 Å². The number of imide groups is 2. The van der Waals surface area contributed by atoms with Gasteiger partial charge in [-0.3, -0.25) is 29.2 Å². The first-order valence-corrected chi connectivity index (χ1v) is 14.0. The van der Waals surface area contributed by atoms with E-state index in [1.807, 2.05) is 88.4 Å². The quantitative estimate of drug-likeness (QED) is 0.279. The van der Waals surface area contributed by atoms with Gasteiger partial charge in [0.15, 0.2) is 0 Å². The lowest BCUT2D eigenvalue weighted by Crippen LogP contribution is -2.50. The van der Waals surface area contributed by atoms with Crippen LogP contribution < -0.4 is 0 Å². The molecular formula is C29H34Cl2N4O4. The van der Waals surface area contributed by atoms with Gasteiger partial charge in [0.2, 0.25) is 0 Å². The Labute approximate surface area is 239 Å². The molecule has 2 heterocycles. The molecule has 2 aliphatic heterocycles. The zero-order chi connectivity index (χ0) is 28.4. The van der Waals surface area contributed by atoms with Gasteiger partial charge in [0.1, 0.15) is 18.8 Å². The van der Waals surface area contributed by atoms with Crippen molar-refractivity contribution in [1.29, 1.82) is 0 Å². The molecule has 6 amide bonds. The van der Waals surface area contributed by atoms with E-state index in [2.05, 4.69) is 0 Å². The van der Waals surface area contributed by atoms with Crippen LogP contribution in [0.25, 0.3) is 0 Å². The van der Waals surface area contributed by atoms with Gasteiger partial charge in [-0.1, -0.05) is 88.4 Å². The SMILES string of the molecule is CC(C)C1C(=O)N(CC(Cl)c2ccccc2)C(=O)N1CN1C(=O)N(CC(Cl)c2ccccc2)C(=O)C1C(C)C. The van der Waals surface area contributed by atoms with Crippen molar-refractivity contribution in [3.05, 3.63) is 71.8 Å². The third-order valence-electron chi connectivity index (χ3n) is 7.24. The van der Waals surface area contributed by atoms with Crippen molar-refractivity contribution >= 4 is 47.1 Å². The molecule has 208 valence electrons. The van der Waals surface area contributed by atoms with E-state index in [4.69, 9.17) is 23.2 Å².